The summed E-state index contributed by atoms with van der Waals surface area (Å²) in [5.41, 5.74) is -1.14. The van der Waals surface area contributed by atoms with Crippen LogP contribution < -0.4 is 9.47 Å². The van der Waals surface area contributed by atoms with Gasteiger partial charge in [-0.15, -0.1) is 0 Å². The molecular formula is C34H44O6. The van der Waals surface area contributed by atoms with E-state index in [9.17, 15) is 19.5 Å². The molecule has 6 heteroatoms. The number of carbonyl (C=O) groups is 3. The van der Waals surface area contributed by atoms with Gasteiger partial charge in [-0.25, -0.2) is 0 Å². The van der Waals surface area contributed by atoms with Crippen LogP contribution in [0.5, 0.6) is 17.2 Å². The Balaban J connectivity index is 1.88. The maximum absolute atomic E-state index is 14.1. The third-order valence-electron chi connectivity index (χ3n) is 9.88. The number of rotatable bonds is 4. The summed E-state index contributed by atoms with van der Waals surface area (Å²) in [6.45, 7) is 21.0. The van der Waals surface area contributed by atoms with Crippen molar-refractivity contribution in [1.82, 2.24) is 0 Å². The first-order valence-electron chi connectivity index (χ1n) is 14.7. The number of allylic oxidation sites excluding steroid dienone is 3. The molecule has 1 aromatic rings. The largest absolute Gasteiger partial charge is 0.507 e. The van der Waals surface area contributed by atoms with Crippen LogP contribution in [0.4, 0.5) is 0 Å². The van der Waals surface area contributed by atoms with E-state index >= 15 is 0 Å². The minimum Gasteiger partial charge on any atom is -0.507 e. The van der Waals surface area contributed by atoms with Crippen LogP contribution in [0, 0.1) is 34.5 Å². The van der Waals surface area contributed by atoms with E-state index in [4.69, 9.17) is 9.47 Å². The van der Waals surface area contributed by atoms with Crippen molar-refractivity contribution in [3.8, 4) is 17.2 Å². The zero-order valence-corrected chi connectivity index (χ0v) is 25.8. The SMILES string of the molecule is CC(C)C(=O)c1c(O)c2c(c3c1OC1=C(C(=O)C(C)(C)C(=O)C1(C)C)[C@H]3C(C)C)O[C@]1(C)C=C[C@@H](C(C)C)CC21. The van der Waals surface area contributed by atoms with E-state index in [1.54, 1.807) is 41.5 Å². The Kier molecular flexibility index (Phi) is 6.30. The van der Waals surface area contributed by atoms with Gasteiger partial charge in [0.05, 0.1) is 10.8 Å². The van der Waals surface area contributed by atoms with Crippen LogP contribution in [0.25, 0.3) is 0 Å². The number of benzene rings is 1. The monoisotopic (exact) mass is 548 g/mol. The molecule has 2 aliphatic carbocycles. The van der Waals surface area contributed by atoms with Gasteiger partial charge in [0.2, 0.25) is 0 Å². The van der Waals surface area contributed by atoms with E-state index in [0.29, 0.717) is 34.3 Å². The minimum absolute atomic E-state index is 0.0787. The fourth-order valence-electron chi connectivity index (χ4n) is 7.45. The number of ether oxygens (including phenoxy) is 2. The lowest BCUT2D eigenvalue weighted by molar-refractivity contribution is -0.144. The summed E-state index contributed by atoms with van der Waals surface area (Å²) in [6, 6.07) is 0. The molecule has 0 saturated heterocycles. The van der Waals surface area contributed by atoms with E-state index in [1.165, 1.54) is 0 Å². The highest BCUT2D eigenvalue weighted by molar-refractivity contribution is 6.20. The Morgan fingerprint density at radius 3 is 2.10 bits per heavy atom. The van der Waals surface area contributed by atoms with Gasteiger partial charge in [0.25, 0.3) is 0 Å². The zero-order chi connectivity index (χ0) is 29.9. The molecule has 0 saturated carbocycles. The average molecular weight is 549 g/mol. The highest BCUT2D eigenvalue weighted by Gasteiger charge is 2.60. The number of fused-ring (bicyclic) bond motifs is 5. The minimum atomic E-state index is -1.22. The van der Waals surface area contributed by atoms with E-state index in [0.717, 1.165) is 6.42 Å². The third kappa shape index (κ3) is 3.63. The molecular weight excluding hydrogens is 504 g/mol. The zero-order valence-electron chi connectivity index (χ0n) is 25.8. The maximum atomic E-state index is 14.1. The predicted molar refractivity (Wildman–Crippen MR) is 154 cm³/mol. The van der Waals surface area contributed by atoms with Gasteiger partial charge in [-0.2, -0.15) is 0 Å². The Hall–Kier alpha value is -2.89. The Morgan fingerprint density at radius 2 is 1.55 bits per heavy atom. The molecule has 4 atom stereocenters. The summed E-state index contributed by atoms with van der Waals surface area (Å²) < 4.78 is 13.4. The molecule has 6 nitrogen and oxygen atoms in total. The van der Waals surface area contributed by atoms with Crippen molar-refractivity contribution < 1.29 is 29.0 Å². The fourth-order valence-corrected chi connectivity index (χ4v) is 7.45. The summed E-state index contributed by atoms with van der Waals surface area (Å²) >= 11 is 0. The van der Waals surface area contributed by atoms with Crippen LogP contribution in [0.2, 0.25) is 0 Å². The topological polar surface area (TPSA) is 89.9 Å². The van der Waals surface area contributed by atoms with Crippen molar-refractivity contribution in [2.75, 3.05) is 0 Å². The normalized spacial score (nSPS) is 29.7. The van der Waals surface area contributed by atoms with Gasteiger partial charge >= 0.3 is 0 Å². The number of Topliss-reactive ketones (excluding diaryl/α,β-unsaturated/α-hetero) is 3. The van der Waals surface area contributed by atoms with Crippen molar-refractivity contribution in [1.29, 1.82) is 0 Å². The average Bonchev–Trinajstić information content (AvgIpc) is 3.18. The van der Waals surface area contributed by atoms with Gasteiger partial charge in [0.1, 0.15) is 34.2 Å². The van der Waals surface area contributed by atoms with Gasteiger partial charge in [0.15, 0.2) is 17.3 Å². The van der Waals surface area contributed by atoms with Crippen LogP contribution >= 0.6 is 0 Å². The lowest BCUT2D eigenvalue weighted by Crippen LogP contribution is -2.52. The van der Waals surface area contributed by atoms with E-state index in [1.807, 2.05) is 20.8 Å². The van der Waals surface area contributed by atoms with Crippen molar-refractivity contribution in [3.63, 3.8) is 0 Å². The number of ketones is 3. The second-order valence-corrected chi connectivity index (χ2v) is 14.5. The number of carbonyl (C=O) groups excluding carboxylic acids is 3. The number of hydrogen-bond acceptors (Lipinski definition) is 6. The number of phenolic OH excluding ortho intramolecular Hbond substituents is 1. The van der Waals surface area contributed by atoms with Gasteiger partial charge in [-0.1, -0.05) is 47.6 Å². The first-order valence-corrected chi connectivity index (χ1v) is 14.7. The first-order chi connectivity index (χ1) is 18.4. The smallest absolute Gasteiger partial charge is 0.175 e. The summed E-state index contributed by atoms with van der Waals surface area (Å²) in [4.78, 5) is 41.6. The molecule has 1 unspecified atom stereocenters. The Morgan fingerprint density at radius 1 is 0.925 bits per heavy atom. The molecule has 0 fully saturated rings. The molecule has 0 spiro atoms. The highest BCUT2D eigenvalue weighted by atomic mass is 16.5. The second kappa shape index (κ2) is 8.80. The van der Waals surface area contributed by atoms with Crippen molar-refractivity contribution in [2.45, 2.75) is 100 Å². The third-order valence-corrected chi connectivity index (χ3v) is 9.88. The van der Waals surface area contributed by atoms with Crippen molar-refractivity contribution in [3.05, 3.63) is 40.2 Å². The van der Waals surface area contributed by atoms with E-state index < -0.39 is 28.3 Å². The van der Waals surface area contributed by atoms with Gasteiger partial charge in [-0.05, 0) is 64.9 Å². The van der Waals surface area contributed by atoms with Gasteiger partial charge in [0, 0.05) is 34.5 Å². The predicted octanol–water partition coefficient (Wildman–Crippen LogP) is 7.29. The molecule has 1 aromatic carbocycles. The number of phenols is 1. The molecule has 40 heavy (non-hydrogen) atoms. The molecule has 0 amide bonds. The molecule has 216 valence electrons. The quantitative estimate of drug-likeness (QED) is 0.241. The number of aromatic hydroxyl groups is 1. The molecule has 2 aliphatic heterocycles. The van der Waals surface area contributed by atoms with E-state index in [2.05, 4.69) is 26.0 Å². The number of hydrogen-bond donors (Lipinski definition) is 1. The molecule has 2 heterocycles. The summed E-state index contributed by atoms with van der Waals surface area (Å²) in [7, 11) is 0. The van der Waals surface area contributed by atoms with Crippen LogP contribution in [0.1, 0.15) is 116 Å². The maximum Gasteiger partial charge on any atom is 0.175 e. The lowest BCUT2D eigenvalue weighted by atomic mass is 9.59. The van der Waals surface area contributed by atoms with Gasteiger partial charge in [-0.3, -0.25) is 14.4 Å². The Bertz CT molecular complexity index is 1400. The van der Waals surface area contributed by atoms with Crippen LogP contribution in [-0.2, 0) is 9.59 Å². The highest BCUT2D eigenvalue weighted by Crippen LogP contribution is 2.65. The molecule has 0 aromatic heterocycles. The van der Waals surface area contributed by atoms with E-state index in [-0.39, 0.29) is 52.0 Å². The molecule has 0 radical (unpaired) electrons. The van der Waals surface area contributed by atoms with Crippen LogP contribution in [0.15, 0.2) is 23.5 Å². The Labute approximate surface area is 238 Å². The molecule has 1 N–H and O–H groups in total. The van der Waals surface area contributed by atoms with Crippen LogP contribution in [-0.4, -0.2) is 28.1 Å². The van der Waals surface area contributed by atoms with Crippen molar-refractivity contribution in [2.24, 2.45) is 34.5 Å². The van der Waals surface area contributed by atoms with Crippen molar-refractivity contribution >= 4 is 17.3 Å². The molecule has 0 bridgehead atoms. The van der Waals surface area contributed by atoms with Gasteiger partial charge < -0.3 is 14.6 Å². The second-order valence-electron chi connectivity index (χ2n) is 14.5. The summed E-state index contributed by atoms with van der Waals surface area (Å²) in [6.07, 6.45) is 5.07. The first kappa shape index (κ1) is 28.6. The molecule has 4 aliphatic rings. The van der Waals surface area contributed by atoms with Crippen LogP contribution in [0.3, 0.4) is 0 Å². The molecule has 5 rings (SSSR count). The standard InChI is InChI=1S/C34H44O6/c1-15(2)18-12-13-34(11)19(14-18)21-26(36)24(25(35)17(5)6)27-22(28(21)40-34)20(16(3)4)23-29(37)32(7,8)31(38)33(9,10)30(23)39-27/h12-13,15-20,36H,14H2,1-11H3/t18-,19?,20+,34-/m1/s1. The summed E-state index contributed by atoms with van der Waals surface area (Å²) in [5.74, 6) is -0.213. The lowest BCUT2D eigenvalue weighted by Gasteiger charge is -2.46. The summed E-state index contributed by atoms with van der Waals surface area (Å²) in [5, 5.41) is 11.9. The fraction of sp³-hybridized carbons (Fsp3) is 0.618.